The number of carbonyl (C=O) groups excluding carboxylic acids is 1. The van der Waals surface area contributed by atoms with Gasteiger partial charge in [0.15, 0.2) is 0 Å². The van der Waals surface area contributed by atoms with Gasteiger partial charge in [-0.05, 0) is 38.4 Å². The topological polar surface area (TPSA) is 72.3 Å². The van der Waals surface area contributed by atoms with Crippen LogP contribution in [0.25, 0.3) is 11.0 Å². The molecule has 0 unspecified atom stereocenters. The highest BCUT2D eigenvalue weighted by Crippen LogP contribution is 2.25. The van der Waals surface area contributed by atoms with Crippen LogP contribution < -0.4 is 10.1 Å². The number of likely N-dealkylation sites (tertiary alicyclic amines) is 1. The van der Waals surface area contributed by atoms with Crippen LogP contribution in [0.15, 0.2) is 12.1 Å². The van der Waals surface area contributed by atoms with E-state index in [-0.39, 0.29) is 11.9 Å². The van der Waals surface area contributed by atoms with Crippen molar-refractivity contribution in [3.8, 4) is 5.75 Å². The largest absolute Gasteiger partial charge is 0.496 e. The fraction of sp³-hybridized carbons (Fsp3) is 0.632. The Labute approximate surface area is 154 Å². The number of aromatic nitrogens is 3. The summed E-state index contributed by atoms with van der Waals surface area (Å²) < 4.78 is 7.34. The van der Waals surface area contributed by atoms with E-state index in [0.717, 1.165) is 56.5 Å². The number of methoxy groups -OCH3 is 1. The predicted molar refractivity (Wildman–Crippen MR) is 102 cm³/mol. The van der Waals surface area contributed by atoms with Crippen molar-refractivity contribution in [2.75, 3.05) is 26.7 Å². The van der Waals surface area contributed by atoms with E-state index in [1.807, 2.05) is 10.7 Å². The van der Waals surface area contributed by atoms with Gasteiger partial charge in [-0.15, -0.1) is 5.10 Å². The molecule has 1 aliphatic heterocycles. The first kappa shape index (κ1) is 18.6. The van der Waals surface area contributed by atoms with Crippen LogP contribution in [-0.2, 0) is 6.54 Å². The second-order valence-corrected chi connectivity index (χ2v) is 6.91. The molecule has 142 valence electrons. The summed E-state index contributed by atoms with van der Waals surface area (Å²) in [7, 11) is 1.59. The van der Waals surface area contributed by atoms with Crippen LogP contribution in [0.2, 0.25) is 0 Å². The van der Waals surface area contributed by atoms with Gasteiger partial charge in [0.05, 0.1) is 18.2 Å². The molecule has 3 rings (SSSR count). The molecule has 1 aromatic heterocycles. The van der Waals surface area contributed by atoms with Crippen LogP contribution in [0.4, 0.5) is 0 Å². The van der Waals surface area contributed by atoms with Gasteiger partial charge in [0.1, 0.15) is 11.3 Å². The summed E-state index contributed by atoms with van der Waals surface area (Å²) in [5.74, 6) is 0.465. The minimum atomic E-state index is -0.100. The third-order valence-corrected chi connectivity index (χ3v) is 5.05. The molecule has 7 nitrogen and oxygen atoms in total. The van der Waals surface area contributed by atoms with Crippen molar-refractivity contribution in [1.29, 1.82) is 0 Å². The second-order valence-electron chi connectivity index (χ2n) is 6.91. The number of hydrogen-bond acceptors (Lipinski definition) is 5. The third kappa shape index (κ3) is 3.98. The van der Waals surface area contributed by atoms with Gasteiger partial charge >= 0.3 is 0 Å². The molecule has 1 aromatic carbocycles. The van der Waals surface area contributed by atoms with Crippen molar-refractivity contribution in [3.63, 3.8) is 0 Å². The van der Waals surface area contributed by atoms with E-state index in [1.165, 1.54) is 6.42 Å². The number of nitrogens with zero attached hydrogens (tertiary/aromatic N) is 4. The molecule has 0 bridgehead atoms. The molecule has 1 N–H and O–H groups in total. The quantitative estimate of drug-likeness (QED) is 0.858. The van der Waals surface area contributed by atoms with Gasteiger partial charge in [0, 0.05) is 25.2 Å². The van der Waals surface area contributed by atoms with E-state index in [4.69, 9.17) is 4.74 Å². The first-order valence-corrected chi connectivity index (χ1v) is 9.60. The van der Waals surface area contributed by atoms with Gasteiger partial charge in [0.25, 0.3) is 5.91 Å². The maximum Gasteiger partial charge on any atom is 0.255 e. The molecule has 2 heterocycles. The fourth-order valence-electron chi connectivity index (χ4n) is 3.61. The number of amides is 1. The Morgan fingerprint density at radius 2 is 2.19 bits per heavy atom. The van der Waals surface area contributed by atoms with E-state index < -0.39 is 0 Å². The number of nitrogens with one attached hydrogen (secondary N) is 1. The van der Waals surface area contributed by atoms with E-state index in [1.54, 1.807) is 13.2 Å². The first-order valence-electron chi connectivity index (χ1n) is 9.60. The zero-order chi connectivity index (χ0) is 18.5. The lowest BCUT2D eigenvalue weighted by molar-refractivity contribution is 0.0924. The van der Waals surface area contributed by atoms with Gasteiger partial charge in [-0.3, -0.25) is 4.79 Å². The molecule has 0 radical (unpaired) electrons. The standard InChI is InChI=1S/C19H29N5O2/c1-4-9-24-17-12-18(26-3)15(11-16(17)21-22-24)19(25)20-14-8-6-7-10-23(5-2)13-14/h11-12,14H,4-10,13H2,1-3H3,(H,20,25)/t14-/m1/s1. The SMILES string of the molecule is CCCn1nnc2cc(C(=O)N[C@@H]3CCCCN(CC)C3)c(OC)cc21. The average molecular weight is 359 g/mol. The molecule has 1 saturated heterocycles. The summed E-state index contributed by atoms with van der Waals surface area (Å²) in [6.07, 6.45) is 4.32. The zero-order valence-electron chi connectivity index (χ0n) is 16.0. The summed E-state index contributed by atoms with van der Waals surface area (Å²) in [5.41, 5.74) is 2.14. The van der Waals surface area contributed by atoms with Gasteiger partial charge in [-0.1, -0.05) is 25.5 Å². The van der Waals surface area contributed by atoms with E-state index >= 15 is 0 Å². The molecule has 1 aliphatic rings. The van der Waals surface area contributed by atoms with Crippen LogP contribution in [0.5, 0.6) is 5.75 Å². The van der Waals surface area contributed by atoms with Crippen LogP contribution in [0.3, 0.4) is 0 Å². The number of ether oxygens (including phenoxy) is 1. The van der Waals surface area contributed by atoms with Crippen LogP contribution in [0, 0.1) is 0 Å². The normalized spacial score (nSPS) is 18.7. The summed E-state index contributed by atoms with van der Waals surface area (Å²) >= 11 is 0. The zero-order valence-corrected chi connectivity index (χ0v) is 16.0. The molecule has 1 amide bonds. The smallest absolute Gasteiger partial charge is 0.255 e. The third-order valence-electron chi connectivity index (χ3n) is 5.05. The summed E-state index contributed by atoms with van der Waals surface area (Å²) in [6.45, 7) is 8.08. The molecule has 2 aromatic rings. The minimum absolute atomic E-state index is 0.100. The lowest BCUT2D eigenvalue weighted by Crippen LogP contribution is -2.42. The number of aryl methyl sites for hydroxylation is 1. The Kier molecular flexibility index (Phi) is 6.08. The Morgan fingerprint density at radius 1 is 1.35 bits per heavy atom. The molecular formula is C19H29N5O2. The molecule has 0 aliphatic carbocycles. The molecule has 1 fully saturated rings. The van der Waals surface area contributed by atoms with Gasteiger partial charge < -0.3 is 15.0 Å². The first-order chi connectivity index (χ1) is 12.7. The number of fused-ring (bicyclic) bond motifs is 1. The Bertz CT molecular complexity index is 758. The van der Waals surface area contributed by atoms with E-state index in [9.17, 15) is 4.79 Å². The monoisotopic (exact) mass is 359 g/mol. The maximum absolute atomic E-state index is 12.9. The predicted octanol–water partition coefficient (Wildman–Crippen LogP) is 2.45. The lowest BCUT2D eigenvalue weighted by Gasteiger charge is -2.23. The van der Waals surface area contributed by atoms with Crippen LogP contribution in [-0.4, -0.2) is 58.6 Å². The van der Waals surface area contributed by atoms with Crippen molar-refractivity contribution >= 4 is 16.9 Å². The lowest BCUT2D eigenvalue weighted by atomic mass is 10.1. The van der Waals surface area contributed by atoms with Crippen molar-refractivity contribution in [2.24, 2.45) is 0 Å². The number of likely N-dealkylation sites (N-methyl/N-ethyl adjacent to an activating group) is 1. The molecule has 1 atom stereocenters. The van der Waals surface area contributed by atoms with E-state index in [2.05, 4.69) is 34.4 Å². The van der Waals surface area contributed by atoms with Crippen LogP contribution >= 0.6 is 0 Å². The number of hydrogen-bond donors (Lipinski definition) is 1. The van der Waals surface area contributed by atoms with E-state index in [0.29, 0.717) is 11.3 Å². The second kappa shape index (κ2) is 8.49. The summed E-state index contributed by atoms with van der Waals surface area (Å²) in [5, 5.41) is 11.6. The Balaban J connectivity index is 1.82. The Hall–Kier alpha value is -2.15. The highest BCUT2D eigenvalue weighted by molar-refractivity contribution is 6.00. The highest BCUT2D eigenvalue weighted by Gasteiger charge is 2.22. The minimum Gasteiger partial charge on any atom is -0.496 e. The van der Waals surface area contributed by atoms with Crippen molar-refractivity contribution in [3.05, 3.63) is 17.7 Å². The number of carbonyl (C=O) groups is 1. The Morgan fingerprint density at radius 3 is 2.92 bits per heavy atom. The molecule has 0 spiro atoms. The fourth-order valence-corrected chi connectivity index (χ4v) is 3.61. The molecule has 26 heavy (non-hydrogen) atoms. The number of rotatable bonds is 6. The maximum atomic E-state index is 12.9. The molecule has 7 heteroatoms. The van der Waals surface area contributed by atoms with Crippen molar-refractivity contribution < 1.29 is 9.53 Å². The van der Waals surface area contributed by atoms with Gasteiger partial charge in [-0.2, -0.15) is 0 Å². The summed E-state index contributed by atoms with van der Waals surface area (Å²) in [6, 6.07) is 3.82. The highest BCUT2D eigenvalue weighted by atomic mass is 16.5. The molecular weight excluding hydrogens is 330 g/mol. The number of benzene rings is 1. The molecule has 0 saturated carbocycles. The summed E-state index contributed by atoms with van der Waals surface area (Å²) in [4.78, 5) is 15.3. The van der Waals surface area contributed by atoms with Crippen molar-refractivity contribution in [2.45, 2.75) is 52.1 Å². The average Bonchev–Trinajstić information content (AvgIpc) is 2.89. The van der Waals surface area contributed by atoms with Crippen LogP contribution in [0.1, 0.15) is 49.9 Å². The van der Waals surface area contributed by atoms with Gasteiger partial charge in [0.2, 0.25) is 0 Å². The van der Waals surface area contributed by atoms with Gasteiger partial charge in [-0.25, -0.2) is 4.68 Å². The van der Waals surface area contributed by atoms with Crippen molar-refractivity contribution in [1.82, 2.24) is 25.2 Å².